The van der Waals surface area contributed by atoms with Gasteiger partial charge in [-0.1, -0.05) is 6.92 Å². The molecule has 2 atom stereocenters. The van der Waals surface area contributed by atoms with Gasteiger partial charge in [0.25, 0.3) is 0 Å². The van der Waals surface area contributed by atoms with Gasteiger partial charge in [0.2, 0.25) is 0 Å². The fourth-order valence-electron chi connectivity index (χ4n) is 3.86. The summed E-state index contributed by atoms with van der Waals surface area (Å²) >= 11 is 0. The molecule has 4 nitrogen and oxygen atoms in total. The summed E-state index contributed by atoms with van der Waals surface area (Å²) < 4.78 is 6.20. The maximum Gasteiger partial charge on any atom is 0.0788 e. The molecule has 4 heteroatoms. The second-order valence-corrected chi connectivity index (χ2v) is 7.58. The van der Waals surface area contributed by atoms with E-state index in [9.17, 15) is 0 Å². The molecule has 0 radical (unpaired) electrons. The van der Waals surface area contributed by atoms with Gasteiger partial charge in [0.05, 0.1) is 11.2 Å². The standard InChI is InChI=1S/C16H33N3O/c1-6-7-18-8-10-19(11-9-18)12-13-14(17)16(4,5)20-15(13,2)3/h13-14H,6-12,17H2,1-5H3. The lowest BCUT2D eigenvalue weighted by Crippen LogP contribution is -2.52. The molecule has 2 saturated heterocycles. The summed E-state index contributed by atoms with van der Waals surface area (Å²) in [5, 5.41) is 0. The van der Waals surface area contributed by atoms with E-state index in [4.69, 9.17) is 10.5 Å². The molecule has 0 bridgehead atoms. The van der Waals surface area contributed by atoms with Crippen molar-refractivity contribution >= 4 is 0 Å². The molecule has 2 fully saturated rings. The summed E-state index contributed by atoms with van der Waals surface area (Å²) in [5.41, 5.74) is 6.13. The maximum atomic E-state index is 6.46. The monoisotopic (exact) mass is 283 g/mol. The topological polar surface area (TPSA) is 41.7 Å². The lowest BCUT2D eigenvalue weighted by molar-refractivity contribution is -0.0791. The number of hydrogen-bond acceptors (Lipinski definition) is 4. The molecule has 20 heavy (non-hydrogen) atoms. The Balaban J connectivity index is 1.91. The van der Waals surface area contributed by atoms with Crippen molar-refractivity contribution in [3.63, 3.8) is 0 Å². The highest BCUT2D eigenvalue weighted by atomic mass is 16.5. The zero-order chi connectivity index (χ0) is 15.0. The Kier molecular flexibility index (Phi) is 4.80. The predicted octanol–water partition coefficient (Wildman–Crippen LogP) is 1.54. The van der Waals surface area contributed by atoms with Crippen molar-refractivity contribution in [2.45, 2.75) is 58.3 Å². The Bertz CT molecular complexity index is 322. The van der Waals surface area contributed by atoms with Crippen LogP contribution in [0.15, 0.2) is 0 Å². The van der Waals surface area contributed by atoms with Gasteiger partial charge in [0.1, 0.15) is 0 Å². The van der Waals surface area contributed by atoms with E-state index in [0.717, 1.165) is 6.54 Å². The highest BCUT2D eigenvalue weighted by Gasteiger charge is 2.52. The van der Waals surface area contributed by atoms with Gasteiger partial charge in [-0.3, -0.25) is 0 Å². The number of hydrogen-bond donors (Lipinski definition) is 1. The molecule has 0 amide bonds. The number of nitrogens with zero attached hydrogens (tertiary/aromatic N) is 2. The van der Waals surface area contributed by atoms with E-state index in [1.165, 1.54) is 39.1 Å². The van der Waals surface area contributed by atoms with E-state index in [1.54, 1.807) is 0 Å². The van der Waals surface area contributed by atoms with Gasteiger partial charge in [0, 0.05) is 44.7 Å². The molecular formula is C16H33N3O. The van der Waals surface area contributed by atoms with Crippen molar-refractivity contribution < 1.29 is 4.74 Å². The van der Waals surface area contributed by atoms with Crippen LogP contribution in [0.4, 0.5) is 0 Å². The third-order valence-corrected chi connectivity index (χ3v) is 5.11. The van der Waals surface area contributed by atoms with E-state index >= 15 is 0 Å². The molecule has 0 saturated carbocycles. The number of nitrogens with two attached hydrogens (primary N) is 1. The lowest BCUT2D eigenvalue weighted by Gasteiger charge is -2.38. The Morgan fingerprint density at radius 3 is 2.00 bits per heavy atom. The van der Waals surface area contributed by atoms with E-state index in [-0.39, 0.29) is 17.2 Å². The summed E-state index contributed by atoms with van der Waals surface area (Å²) in [6.07, 6.45) is 1.25. The Morgan fingerprint density at radius 2 is 1.55 bits per heavy atom. The summed E-state index contributed by atoms with van der Waals surface area (Å²) in [7, 11) is 0. The minimum Gasteiger partial charge on any atom is -0.368 e. The Hall–Kier alpha value is -0.160. The van der Waals surface area contributed by atoms with Gasteiger partial charge >= 0.3 is 0 Å². The molecule has 2 heterocycles. The molecule has 0 aromatic rings. The normalized spacial score (nSPS) is 34.5. The van der Waals surface area contributed by atoms with Crippen LogP contribution < -0.4 is 5.73 Å². The molecule has 0 aromatic heterocycles. The first kappa shape index (κ1) is 16.2. The van der Waals surface area contributed by atoms with Crippen LogP contribution in [0, 0.1) is 5.92 Å². The second-order valence-electron chi connectivity index (χ2n) is 7.58. The van der Waals surface area contributed by atoms with E-state index in [2.05, 4.69) is 44.4 Å². The SMILES string of the molecule is CCCN1CCN(CC2C(N)C(C)(C)OC2(C)C)CC1. The molecule has 0 spiro atoms. The average Bonchev–Trinajstić information content (AvgIpc) is 2.50. The minimum atomic E-state index is -0.210. The van der Waals surface area contributed by atoms with Crippen molar-refractivity contribution in [1.29, 1.82) is 0 Å². The first-order valence-corrected chi connectivity index (χ1v) is 8.16. The average molecular weight is 283 g/mol. The fraction of sp³-hybridized carbons (Fsp3) is 1.00. The molecule has 118 valence electrons. The van der Waals surface area contributed by atoms with Crippen LogP contribution in [0.1, 0.15) is 41.0 Å². The second kappa shape index (κ2) is 5.91. The van der Waals surface area contributed by atoms with Gasteiger partial charge in [-0.2, -0.15) is 0 Å². The first-order chi connectivity index (χ1) is 9.26. The summed E-state index contributed by atoms with van der Waals surface area (Å²) in [6, 6.07) is 0.117. The predicted molar refractivity (Wildman–Crippen MR) is 83.9 cm³/mol. The van der Waals surface area contributed by atoms with Crippen LogP contribution in [0.5, 0.6) is 0 Å². The van der Waals surface area contributed by atoms with Crippen molar-refractivity contribution in [2.75, 3.05) is 39.3 Å². The highest BCUT2D eigenvalue weighted by Crippen LogP contribution is 2.41. The maximum absolute atomic E-state index is 6.46. The van der Waals surface area contributed by atoms with E-state index in [1.807, 2.05) is 0 Å². The molecule has 2 rings (SSSR count). The largest absolute Gasteiger partial charge is 0.368 e. The quantitative estimate of drug-likeness (QED) is 0.850. The van der Waals surface area contributed by atoms with Gasteiger partial charge in [-0.05, 0) is 40.7 Å². The summed E-state index contributed by atoms with van der Waals surface area (Å²) in [4.78, 5) is 5.14. The number of ether oxygens (including phenoxy) is 1. The third kappa shape index (κ3) is 3.35. The van der Waals surface area contributed by atoms with Crippen LogP contribution in [0.3, 0.4) is 0 Å². The molecule has 0 aromatic carbocycles. The van der Waals surface area contributed by atoms with Crippen LogP contribution in [0.2, 0.25) is 0 Å². The molecule has 2 aliphatic heterocycles. The van der Waals surface area contributed by atoms with Gasteiger partial charge in [0.15, 0.2) is 0 Å². The van der Waals surface area contributed by atoms with E-state index in [0.29, 0.717) is 5.92 Å². The van der Waals surface area contributed by atoms with Crippen molar-refractivity contribution in [2.24, 2.45) is 11.7 Å². The van der Waals surface area contributed by atoms with Crippen LogP contribution in [-0.4, -0.2) is 66.3 Å². The van der Waals surface area contributed by atoms with Crippen molar-refractivity contribution in [3.8, 4) is 0 Å². The Morgan fingerprint density at radius 1 is 1.00 bits per heavy atom. The summed E-state index contributed by atoms with van der Waals surface area (Å²) in [6.45, 7) is 17.9. The van der Waals surface area contributed by atoms with Crippen LogP contribution >= 0.6 is 0 Å². The van der Waals surface area contributed by atoms with Crippen LogP contribution in [-0.2, 0) is 4.74 Å². The zero-order valence-electron chi connectivity index (χ0n) is 14.0. The number of rotatable bonds is 4. The lowest BCUT2D eigenvalue weighted by atomic mass is 9.82. The Labute approximate surface area is 124 Å². The molecule has 2 unspecified atom stereocenters. The molecular weight excluding hydrogens is 250 g/mol. The summed E-state index contributed by atoms with van der Waals surface area (Å²) in [5.74, 6) is 0.412. The van der Waals surface area contributed by atoms with Crippen LogP contribution in [0.25, 0.3) is 0 Å². The molecule has 2 aliphatic rings. The first-order valence-electron chi connectivity index (χ1n) is 8.16. The van der Waals surface area contributed by atoms with Crippen molar-refractivity contribution in [1.82, 2.24) is 9.80 Å². The van der Waals surface area contributed by atoms with Gasteiger partial charge < -0.3 is 20.3 Å². The number of piperazine rings is 1. The minimum absolute atomic E-state index is 0.117. The van der Waals surface area contributed by atoms with Gasteiger partial charge in [-0.25, -0.2) is 0 Å². The zero-order valence-corrected chi connectivity index (χ0v) is 14.0. The third-order valence-electron chi connectivity index (χ3n) is 5.11. The molecule has 0 aliphatic carbocycles. The molecule has 2 N–H and O–H groups in total. The highest BCUT2D eigenvalue weighted by molar-refractivity contribution is 5.04. The smallest absolute Gasteiger partial charge is 0.0788 e. The van der Waals surface area contributed by atoms with E-state index < -0.39 is 0 Å². The van der Waals surface area contributed by atoms with Gasteiger partial charge in [-0.15, -0.1) is 0 Å². The fourth-order valence-corrected chi connectivity index (χ4v) is 3.86. The van der Waals surface area contributed by atoms with Crippen molar-refractivity contribution in [3.05, 3.63) is 0 Å².